The van der Waals surface area contributed by atoms with E-state index < -0.39 is 0 Å². The van der Waals surface area contributed by atoms with Crippen LogP contribution in [0.2, 0.25) is 0 Å². The van der Waals surface area contributed by atoms with Gasteiger partial charge in [-0.05, 0) is 6.26 Å². The summed E-state index contributed by atoms with van der Waals surface area (Å²) in [5.41, 5.74) is 7.57. The Hall–Kier alpha value is -1.88. The fourth-order valence-corrected chi connectivity index (χ4v) is 2.09. The Morgan fingerprint density at radius 1 is 1.24 bits per heavy atom. The third kappa shape index (κ3) is 2.29. The maximum atomic E-state index is 11.2. The van der Waals surface area contributed by atoms with Gasteiger partial charge in [-0.25, -0.2) is 9.97 Å². The van der Waals surface area contributed by atoms with Gasteiger partial charge in [0.25, 0.3) is 0 Å². The number of nitrogens with zero attached hydrogens (tertiary/aromatic N) is 2. The predicted molar refractivity (Wildman–Crippen MR) is 69.0 cm³/mol. The molecular weight excluding hydrogens is 234 g/mol. The summed E-state index contributed by atoms with van der Waals surface area (Å²) in [6, 6.07) is 9.46. The Labute approximate surface area is 103 Å². The van der Waals surface area contributed by atoms with Crippen molar-refractivity contribution in [1.82, 2.24) is 9.97 Å². The standard InChI is InChI=1S/C12H11N3OS/c1-17-11-9(7-16)10(14-12(13)15-11)8-5-3-2-4-6-8/h2-7H,1H3,(H2,13,14,15). The second-order valence-corrected chi connectivity index (χ2v) is 4.13. The Morgan fingerprint density at radius 2 is 1.94 bits per heavy atom. The zero-order valence-electron chi connectivity index (χ0n) is 9.25. The van der Waals surface area contributed by atoms with Gasteiger partial charge in [0.1, 0.15) is 5.03 Å². The molecule has 1 aromatic heterocycles. The molecule has 0 bridgehead atoms. The van der Waals surface area contributed by atoms with Gasteiger partial charge in [0.2, 0.25) is 5.95 Å². The van der Waals surface area contributed by atoms with E-state index in [9.17, 15) is 4.79 Å². The Morgan fingerprint density at radius 3 is 2.53 bits per heavy atom. The van der Waals surface area contributed by atoms with Crippen molar-refractivity contribution in [2.24, 2.45) is 0 Å². The Kier molecular flexibility index (Phi) is 3.39. The van der Waals surface area contributed by atoms with E-state index in [1.807, 2.05) is 36.6 Å². The number of nitrogens with two attached hydrogens (primary N) is 1. The van der Waals surface area contributed by atoms with Crippen LogP contribution in [0.3, 0.4) is 0 Å². The molecule has 0 fully saturated rings. The van der Waals surface area contributed by atoms with E-state index in [0.29, 0.717) is 16.3 Å². The van der Waals surface area contributed by atoms with E-state index in [0.717, 1.165) is 11.8 Å². The minimum Gasteiger partial charge on any atom is -0.368 e. The minimum atomic E-state index is 0.179. The summed E-state index contributed by atoms with van der Waals surface area (Å²) >= 11 is 1.38. The highest BCUT2D eigenvalue weighted by atomic mass is 32.2. The SMILES string of the molecule is CSc1nc(N)nc(-c2ccccc2)c1C=O. The van der Waals surface area contributed by atoms with Gasteiger partial charge in [0.15, 0.2) is 6.29 Å². The first-order valence-corrected chi connectivity index (χ1v) is 6.21. The van der Waals surface area contributed by atoms with E-state index in [-0.39, 0.29) is 5.95 Å². The second kappa shape index (κ2) is 4.97. The number of carbonyl (C=O) groups is 1. The van der Waals surface area contributed by atoms with Crippen LogP contribution in [0, 0.1) is 0 Å². The molecule has 1 heterocycles. The number of rotatable bonds is 3. The lowest BCUT2D eigenvalue weighted by molar-refractivity contribution is 0.112. The number of anilines is 1. The zero-order chi connectivity index (χ0) is 12.3. The molecule has 0 radical (unpaired) electrons. The monoisotopic (exact) mass is 245 g/mol. The van der Waals surface area contributed by atoms with E-state index in [1.54, 1.807) is 0 Å². The topological polar surface area (TPSA) is 68.9 Å². The van der Waals surface area contributed by atoms with Crippen LogP contribution in [0.4, 0.5) is 5.95 Å². The number of hydrogen-bond donors (Lipinski definition) is 1. The molecule has 17 heavy (non-hydrogen) atoms. The smallest absolute Gasteiger partial charge is 0.221 e. The van der Waals surface area contributed by atoms with Gasteiger partial charge in [-0.3, -0.25) is 4.79 Å². The molecule has 0 atom stereocenters. The van der Waals surface area contributed by atoms with Crippen molar-refractivity contribution in [3.8, 4) is 11.3 Å². The lowest BCUT2D eigenvalue weighted by Crippen LogP contribution is -2.03. The maximum absolute atomic E-state index is 11.2. The third-order valence-electron chi connectivity index (χ3n) is 2.29. The molecule has 0 amide bonds. The molecule has 2 rings (SSSR count). The molecule has 2 aromatic rings. The summed E-state index contributed by atoms with van der Waals surface area (Å²) < 4.78 is 0. The lowest BCUT2D eigenvalue weighted by Gasteiger charge is -2.08. The highest BCUT2D eigenvalue weighted by molar-refractivity contribution is 7.98. The number of nitrogen functional groups attached to an aromatic ring is 1. The molecule has 5 heteroatoms. The van der Waals surface area contributed by atoms with Gasteiger partial charge in [0.05, 0.1) is 11.3 Å². The Balaban J connectivity index is 2.68. The van der Waals surface area contributed by atoms with Crippen molar-refractivity contribution in [3.05, 3.63) is 35.9 Å². The largest absolute Gasteiger partial charge is 0.368 e. The van der Waals surface area contributed by atoms with Crippen LogP contribution in [0.1, 0.15) is 10.4 Å². The number of hydrogen-bond acceptors (Lipinski definition) is 5. The van der Waals surface area contributed by atoms with Gasteiger partial charge < -0.3 is 5.73 Å². The summed E-state index contributed by atoms with van der Waals surface area (Å²) in [6.45, 7) is 0. The van der Waals surface area contributed by atoms with Gasteiger partial charge in [-0.15, -0.1) is 11.8 Å². The van der Waals surface area contributed by atoms with Crippen LogP contribution in [-0.4, -0.2) is 22.5 Å². The number of benzene rings is 1. The average Bonchev–Trinajstić information content (AvgIpc) is 2.38. The molecule has 0 saturated carbocycles. The molecule has 4 nitrogen and oxygen atoms in total. The molecule has 0 aliphatic heterocycles. The molecule has 0 aliphatic rings. The number of aldehydes is 1. The van der Waals surface area contributed by atoms with E-state index >= 15 is 0 Å². The first-order valence-electron chi connectivity index (χ1n) is 4.98. The first-order chi connectivity index (χ1) is 8.26. The number of carbonyl (C=O) groups excluding carboxylic acids is 1. The molecule has 0 saturated heterocycles. The minimum absolute atomic E-state index is 0.179. The van der Waals surface area contributed by atoms with Gasteiger partial charge in [-0.1, -0.05) is 30.3 Å². The molecule has 86 valence electrons. The lowest BCUT2D eigenvalue weighted by atomic mass is 10.1. The quantitative estimate of drug-likeness (QED) is 0.510. The molecule has 1 aromatic carbocycles. The zero-order valence-corrected chi connectivity index (χ0v) is 10.1. The average molecular weight is 245 g/mol. The summed E-state index contributed by atoms with van der Waals surface area (Å²) in [5.74, 6) is 0.179. The van der Waals surface area contributed by atoms with Gasteiger partial charge >= 0.3 is 0 Å². The van der Waals surface area contributed by atoms with Crippen molar-refractivity contribution >= 4 is 24.0 Å². The van der Waals surface area contributed by atoms with E-state index in [1.165, 1.54) is 11.8 Å². The molecular formula is C12H11N3OS. The highest BCUT2D eigenvalue weighted by Crippen LogP contribution is 2.27. The molecule has 0 spiro atoms. The van der Waals surface area contributed by atoms with Gasteiger partial charge in [-0.2, -0.15) is 0 Å². The van der Waals surface area contributed by atoms with Crippen molar-refractivity contribution in [2.45, 2.75) is 5.03 Å². The molecule has 0 unspecified atom stereocenters. The Bertz CT molecular complexity index is 543. The van der Waals surface area contributed by atoms with Crippen LogP contribution in [0.25, 0.3) is 11.3 Å². The molecule has 0 aliphatic carbocycles. The van der Waals surface area contributed by atoms with Crippen LogP contribution in [-0.2, 0) is 0 Å². The fourth-order valence-electron chi connectivity index (χ4n) is 1.54. The second-order valence-electron chi connectivity index (χ2n) is 3.34. The summed E-state index contributed by atoms with van der Waals surface area (Å²) in [7, 11) is 0. The number of aromatic nitrogens is 2. The highest BCUT2D eigenvalue weighted by Gasteiger charge is 2.13. The van der Waals surface area contributed by atoms with Crippen LogP contribution >= 0.6 is 11.8 Å². The normalized spacial score (nSPS) is 10.2. The summed E-state index contributed by atoms with van der Waals surface area (Å²) in [4.78, 5) is 19.3. The van der Waals surface area contributed by atoms with E-state index in [2.05, 4.69) is 9.97 Å². The first kappa shape index (κ1) is 11.6. The van der Waals surface area contributed by atoms with Crippen LogP contribution in [0.15, 0.2) is 35.4 Å². The summed E-state index contributed by atoms with van der Waals surface area (Å²) in [6.07, 6.45) is 2.62. The number of thioether (sulfide) groups is 1. The predicted octanol–water partition coefficient (Wildman–Crippen LogP) is 2.26. The maximum Gasteiger partial charge on any atom is 0.221 e. The van der Waals surface area contributed by atoms with Crippen molar-refractivity contribution in [1.29, 1.82) is 0 Å². The van der Waals surface area contributed by atoms with Gasteiger partial charge in [0, 0.05) is 5.56 Å². The van der Waals surface area contributed by atoms with Crippen LogP contribution in [0.5, 0.6) is 0 Å². The fraction of sp³-hybridized carbons (Fsp3) is 0.0833. The van der Waals surface area contributed by atoms with Crippen LogP contribution < -0.4 is 5.73 Å². The third-order valence-corrected chi connectivity index (χ3v) is 2.98. The molecule has 2 N–H and O–H groups in total. The van der Waals surface area contributed by atoms with Crippen molar-refractivity contribution in [2.75, 3.05) is 12.0 Å². The summed E-state index contributed by atoms with van der Waals surface area (Å²) in [5, 5.41) is 0.603. The van der Waals surface area contributed by atoms with Crippen molar-refractivity contribution < 1.29 is 4.79 Å². The van der Waals surface area contributed by atoms with Crippen molar-refractivity contribution in [3.63, 3.8) is 0 Å². The van der Waals surface area contributed by atoms with E-state index in [4.69, 9.17) is 5.73 Å².